The lowest BCUT2D eigenvalue weighted by atomic mass is 9.94. The topological polar surface area (TPSA) is 130 Å². The fraction of sp³-hybridized carbons (Fsp3) is 0.278. The minimum Gasteiger partial charge on any atom is -0.352 e. The van der Waals surface area contributed by atoms with Gasteiger partial charge >= 0.3 is 0 Å². The van der Waals surface area contributed by atoms with Crippen molar-refractivity contribution in [1.29, 1.82) is 0 Å². The van der Waals surface area contributed by atoms with Gasteiger partial charge in [0.25, 0.3) is 15.7 Å². The number of rotatable bonds is 13. The molecule has 1 saturated carbocycles. The molecule has 1 N–H and O–H groups in total. The van der Waals surface area contributed by atoms with E-state index in [2.05, 4.69) is 5.32 Å². The molecule has 0 aliphatic heterocycles. The number of benzene rings is 4. The van der Waals surface area contributed by atoms with Crippen LogP contribution in [0.3, 0.4) is 0 Å². The largest absolute Gasteiger partial charge is 0.352 e. The minimum absolute atomic E-state index is 0.00160. The van der Waals surface area contributed by atoms with Crippen LogP contribution in [0.4, 0.5) is 11.4 Å². The van der Waals surface area contributed by atoms with Crippen LogP contribution in [0.5, 0.6) is 0 Å². The summed E-state index contributed by atoms with van der Waals surface area (Å²) in [6.45, 7) is -0.571. The molecule has 2 amide bonds. The zero-order valence-corrected chi connectivity index (χ0v) is 26.8. The van der Waals surface area contributed by atoms with Gasteiger partial charge in [0.15, 0.2) is 0 Å². The van der Waals surface area contributed by atoms with E-state index in [0.29, 0.717) is 0 Å². The molecule has 0 heterocycles. The monoisotopic (exact) mass is 654 g/mol. The second-order valence-corrected chi connectivity index (χ2v) is 13.5. The van der Waals surface area contributed by atoms with Gasteiger partial charge in [0.1, 0.15) is 12.6 Å². The average molecular weight is 655 g/mol. The Morgan fingerprint density at radius 1 is 0.787 bits per heavy atom. The number of carbonyl (C=O) groups is 2. The maximum absolute atomic E-state index is 14.5. The Morgan fingerprint density at radius 3 is 1.91 bits per heavy atom. The molecule has 1 atom stereocenters. The van der Waals surface area contributed by atoms with Crippen molar-refractivity contribution in [2.24, 2.45) is 0 Å². The highest BCUT2D eigenvalue weighted by Crippen LogP contribution is 2.27. The molecule has 244 valence electrons. The summed E-state index contributed by atoms with van der Waals surface area (Å²) in [6.07, 6.45) is 5.10. The number of non-ortho nitro benzene ring substituents is 1. The Balaban J connectivity index is 1.55. The van der Waals surface area contributed by atoms with Gasteiger partial charge < -0.3 is 10.2 Å². The number of nitrogens with zero attached hydrogens (tertiary/aromatic N) is 3. The van der Waals surface area contributed by atoms with Crippen LogP contribution in [-0.2, 0) is 32.6 Å². The second kappa shape index (κ2) is 15.5. The first kappa shape index (κ1) is 33.3. The summed E-state index contributed by atoms with van der Waals surface area (Å²) in [7, 11) is -4.30. The number of nitrogens with one attached hydrogen (secondary N) is 1. The van der Waals surface area contributed by atoms with Crippen molar-refractivity contribution in [3.8, 4) is 0 Å². The molecule has 1 fully saturated rings. The van der Waals surface area contributed by atoms with Crippen LogP contribution in [0.1, 0.15) is 43.2 Å². The highest BCUT2D eigenvalue weighted by molar-refractivity contribution is 7.92. The quantitative estimate of drug-likeness (QED) is 0.142. The third-order valence-electron chi connectivity index (χ3n) is 8.38. The molecule has 4 aromatic carbocycles. The molecule has 0 saturated heterocycles. The maximum atomic E-state index is 14.5. The van der Waals surface area contributed by atoms with Crippen LogP contribution >= 0.6 is 0 Å². The molecule has 0 bridgehead atoms. The van der Waals surface area contributed by atoms with E-state index in [1.165, 1.54) is 41.3 Å². The number of hydrogen-bond acceptors (Lipinski definition) is 6. The fourth-order valence-corrected chi connectivity index (χ4v) is 7.30. The van der Waals surface area contributed by atoms with Gasteiger partial charge in [0.05, 0.1) is 15.5 Å². The molecule has 5 rings (SSSR count). The molecule has 1 aliphatic rings. The first-order chi connectivity index (χ1) is 22.7. The summed E-state index contributed by atoms with van der Waals surface area (Å²) in [4.78, 5) is 40.9. The molecule has 1 aliphatic carbocycles. The molecule has 0 unspecified atom stereocenters. The molecule has 0 aromatic heterocycles. The molecular formula is C36H38N4O6S. The number of nitro benzene ring substituents is 1. The zero-order valence-electron chi connectivity index (χ0n) is 26.0. The smallest absolute Gasteiger partial charge is 0.269 e. The number of amides is 2. The summed E-state index contributed by atoms with van der Waals surface area (Å²) in [5, 5.41) is 14.5. The van der Waals surface area contributed by atoms with Gasteiger partial charge in [-0.3, -0.25) is 24.0 Å². The van der Waals surface area contributed by atoms with Crippen molar-refractivity contribution < 1.29 is 22.9 Å². The number of nitro groups is 1. The molecule has 0 radical (unpaired) electrons. The van der Waals surface area contributed by atoms with E-state index in [-0.39, 0.29) is 41.2 Å². The predicted molar refractivity (Wildman–Crippen MR) is 180 cm³/mol. The molecule has 11 heteroatoms. The van der Waals surface area contributed by atoms with E-state index in [9.17, 15) is 28.1 Å². The molecule has 47 heavy (non-hydrogen) atoms. The maximum Gasteiger partial charge on any atom is 0.269 e. The van der Waals surface area contributed by atoms with Crippen LogP contribution < -0.4 is 9.62 Å². The molecule has 4 aromatic rings. The predicted octanol–water partition coefficient (Wildman–Crippen LogP) is 5.88. The standard InChI is InChI=1S/C36H38N4O6S/c41-35(27-39(31-21-23-32(24-22-31)40(43)44)47(45,46)33-19-11-4-12-20-33)38(26-29-15-7-2-8-16-29)34(25-28-13-5-1-6-14-28)36(42)37-30-17-9-3-10-18-30/h1-2,4-8,11-16,19-24,30,34H,3,9-10,17-18,25-27H2,(H,37,42)/t34-/m0/s1. The Kier molecular flexibility index (Phi) is 11.0. The van der Waals surface area contributed by atoms with Gasteiger partial charge in [0.2, 0.25) is 11.8 Å². The van der Waals surface area contributed by atoms with Crippen molar-refractivity contribution in [2.75, 3.05) is 10.8 Å². The van der Waals surface area contributed by atoms with Crippen molar-refractivity contribution in [2.45, 2.75) is 62.0 Å². The van der Waals surface area contributed by atoms with Gasteiger partial charge in [-0.05, 0) is 48.2 Å². The summed E-state index contributed by atoms with van der Waals surface area (Å²) in [5.74, 6) is -0.885. The van der Waals surface area contributed by atoms with E-state index >= 15 is 0 Å². The van der Waals surface area contributed by atoms with Gasteiger partial charge in [-0.1, -0.05) is 98.1 Å². The SMILES string of the molecule is O=C(NC1CCCCC1)[C@H](Cc1ccccc1)N(Cc1ccccc1)C(=O)CN(c1ccc([N+](=O)[O-])cc1)S(=O)(=O)c1ccccc1. The number of carbonyl (C=O) groups excluding carboxylic acids is 2. The highest BCUT2D eigenvalue weighted by atomic mass is 32.2. The third-order valence-corrected chi connectivity index (χ3v) is 10.2. The van der Waals surface area contributed by atoms with E-state index in [4.69, 9.17) is 0 Å². The summed E-state index contributed by atoms with van der Waals surface area (Å²) in [6, 6.07) is 30.4. The Labute approximate surface area is 275 Å². The molecule has 0 spiro atoms. The Hall–Kier alpha value is -5.03. The van der Waals surface area contributed by atoms with Crippen LogP contribution in [-0.4, -0.2) is 48.7 Å². The lowest BCUT2D eigenvalue weighted by Gasteiger charge is -2.35. The second-order valence-electron chi connectivity index (χ2n) is 11.7. The molecule has 10 nitrogen and oxygen atoms in total. The van der Waals surface area contributed by atoms with Crippen molar-refractivity contribution >= 4 is 33.2 Å². The summed E-state index contributed by atoms with van der Waals surface area (Å²) in [5.41, 5.74) is 1.49. The number of hydrogen-bond donors (Lipinski definition) is 1. The van der Waals surface area contributed by atoms with Gasteiger partial charge in [0, 0.05) is 31.1 Å². The van der Waals surface area contributed by atoms with Crippen molar-refractivity contribution in [3.63, 3.8) is 0 Å². The van der Waals surface area contributed by atoms with Crippen LogP contribution in [0.2, 0.25) is 0 Å². The van der Waals surface area contributed by atoms with E-state index < -0.39 is 33.4 Å². The lowest BCUT2D eigenvalue weighted by molar-refractivity contribution is -0.384. The van der Waals surface area contributed by atoms with E-state index in [1.54, 1.807) is 18.2 Å². The average Bonchev–Trinajstić information content (AvgIpc) is 3.10. The molecular weight excluding hydrogens is 616 g/mol. The van der Waals surface area contributed by atoms with Crippen molar-refractivity contribution in [1.82, 2.24) is 10.2 Å². The lowest BCUT2D eigenvalue weighted by Crippen LogP contribution is -2.55. The number of anilines is 1. The van der Waals surface area contributed by atoms with E-state index in [1.807, 2.05) is 60.7 Å². The fourth-order valence-electron chi connectivity index (χ4n) is 5.87. The highest BCUT2D eigenvalue weighted by Gasteiger charge is 2.35. The van der Waals surface area contributed by atoms with E-state index in [0.717, 1.165) is 47.5 Å². The summed E-state index contributed by atoms with van der Waals surface area (Å²) >= 11 is 0. The van der Waals surface area contributed by atoms with Gasteiger partial charge in [-0.15, -0.1) is 0 Å². The first-order valence-electron chi connectivity index (χ1n) is 15.7. The van der Waals surface area contributed by atoms with Gasteiger partial charge in [-0.25, -0.2) is 8.42 Å². The minimum atomic E-state index is -4.30. The number of sulfonamides is 1. The normalized spacial score (nSPS) is 14.1. The zero-order chi connectivity index (χ0) is 33.2. The third kappa shape index (κ3) is 8.62. The summed E-state index contributed by atoms with van der Waals surface area (Å²) < 4.78 is 29.1. The van der Waals surface area contributed by atoms with Crippen molar-refractivity contribution in [3.05, 3.63) is 137 Å². The Bertz CT molecular complexity index is 1750. The van der Waals surface area contributed by atoms with Crippen LogP contribution in [0.25, 0.3) is 0 Å². The van der Waals surface area contributed by atoms with Crippen LogP contribution in [0, 0.1) is 10.1 Å². The first-order valence-corrected chi connectivity index (χ1v) is 17.2. The van der Waals surface area contributed by atoms with Gasteiger partial charge in [-0.2, -0.15) is 0 Å². The Morgan fingerprint density at radius 2 is 1.34 bits per heavy atom. The van der Waals surface area contributed by atoms with Crippen LogP contribution in [0.15, 0.2) is 120 Å².